The molecule has 4 bridgehead atoms. The van der Waals surface area contributed by atoms with E-state index in [0.29, 0.717) is 11.8 Å². The molecule has 0 aromatic heterocycles. The molecule has 0 saturated heterocycles. The number of carbonyl (C=O) groups excluding carboxylic acids is 2. The van der Waals surface area contributed by atoms with Crippen LogP contribution in [-0.4, -0.2) is 23.9 Å². The molecule has 4 heteroatoms. The highest BCUT2D eigenvalue weighted by Crippen LogP contribution is 2.46. The number of hydrogen-bond donors (Lipinski definition) is 2. The van der Waals surface area contributed by atoms with Crippen LogP contribution in [0.25, 0.3) is 0 Å². The third kappa shape index (κ3) is 3.73. The van der Waals surface area contributed by atoms with Gasteiger partial charge in [-0.2, -0.15) is 0 Å². The van der Waals surface area contributed by atoms with Crippen molar-refractivity contribution in [2.24, 2.45) is 35.5 Å². The van der Waals surface area contributed by atoms with Crippen molar-refractivity contribution in [1.82, 2.24) is 10.6 Å². The van der Waals surface area contributed by atoms with Crippen LogP contribution in [0.2, 0.25) is 0 Å². The highest BCUT2D eigenvalue weighted by Gasteiger charge is 2.42. The molecule has 7 rings (SSSR count). The summed E-state index contributed by atoms with van der Waals surface area (Å²) in [7, 11) is 0. The fourth-order valence-electron chi connectivity index (χ4n) is 7.45. The first kappa shape index (κ1) is 18.9. The third-order valence-corrected chi connectivity index (χ3v) is 9.19. The average Bonchev–Trinajstić information content (AvgIpc) is 2.76. The molecule has 4 nitrogen and oxygen atoms in total. The van der Waals surface area contributed by atoms with Crippen molar-refractivity contribution in [2.75, 3.05) is 0 Å². The molecule has 0 aromatic carbocycles. The van der Waals surface area contributed by atoms with E-state index in [1.165, 1.54) is 64.2 Å². The molecule has 28 heavy (non-hydrogen) atoms. The van der Waals surface area contributed by atoms with Crippen LogP contribution in [0.1, 0.15) is 89.9 Å². The topological polar surface area (TPSA) is 58.2 Å². The van der Waals surface area contributed by atoms with Crippen molar-refractivity contribution in [3.8, 4) is 0 Å². The normalized spacial score (nSPS) is 44.9. The van der Waals surface area contributed by atoms with E-state index >= 15 is 0 Å². The predicted molar refractivity (Wildman–Crippen MR) is 109 cm³/mol. The van der Waals surface area contributed by atoms with Crippen LogP contribution in [0.15, 0.2) is 0 Å². The van der Waals surface area contributed by atoms with E-state index in [1.807, 2.05) is 0 Å². The molecule has 4 atom stereocenters. The van der Waals surface area contributed by atoms with Crippen LogP contribution in [0.5, 0.6) is 0 Å². The molecule has 156 valence electrons. The molecule has 7 fully saturated rings. The van der Waals surface area contributed by atoms with Crippen molar-refractivity contribution in [3.63, 3.8) is 0 Å². The van der Waals surface area contributed by atoms with Crippen LogP contribution in [0.3, 0.4) is 0 Å². The molecule has 0 radical (unpaired) electrons. The summed E-state index contributed by atoms with van der Waals surface area (Å²) in [6.07, 6.45) is 16.9. The Kier molecular flexibility index (Phi) is 5.40. The van der Waals surface area contributed by atoms with Crippen LogP contribution < -0.4 is 10.6 Å². The lowest BCUT2D eigenvalue weighted by molar-refractivity contribution is -0.134. The second kappa shape index (κ2) is 7.99. The van der Waals surface area contributed by atoms with Gasteiger partial charge in [0.25, 0.3) is 0 Å². The van der Waals surface area contributed by atoms with E-state index in [0.717, 1.165) is 37.5 Å². The lowest BCUT2D eigenvalue weighted by atomic mass is 9.64. The second-order valence-corrected chi connectivity index (χ2v) is 10.8. The van der Waals surface area contributed by atoms with Gasteiger partial charge in [-0.3, -0.25) is 9.59 Å². The molecule has 0 aliphatic heterocycles. The van der Waals surface area contributed by atoms with Crippen LogP contribution >= 0.6 is 0 Å². The van der Waals surface area contributed by atoms with Crippen LogP contribution in [0.4, 0.5) is 0 Å². The minimum atomic E-state index is 0.145. The Labute approximate surface area is 170 Å². The molecule has 0 heterocycles. The summed E-state index contributed by atoms with van der Waals surface area (Å²) in [5.41, 5.74) is 0. The Morgan fingerprint density at radius 2 is 0.929 bits per heavy atom. The molecule has 4 unspecified atom stereocenters. The zero-order valence-electron chi connectivity index (χ0n) is 17.3. The fraction of sp³-hybridized carbons (Fsp3) is 0.917. The molecular formula is C24H38N2O2. The lowest BCUT2D eigenvalue weighted by Gasteiger charge is -2.44. The SMILES string of the molecule is O=C(NC1CCCCC1NC(=O)C1CC2CCC1CC2)C1CC2CCC1CC2. The van der Waals surface area contributed by atoms with Gasteiger partial charge >= 0.3 is 0 Å². The first-order valence-electron chi connectivity index (χ1n) is 12.3. The summed E-state index contributed by atoms with van der Waals surface area (Å²) in [6, 6.07) is 0.290. The molecule has 0 spiro atoms. The van der Waals surface area contributed by atoms with Gasteiger partial charge in [0.15, 0.2) is 0 Å². The number of hydrogen-bond acceptors (Lipinski definition) is 2. The molecule has 0 aromatic rings. The minimum absolute atomic E-state index is 0.145. The largest absolute Gasteiger partial charge is 0.351 e. The highest BCUT2D eigenvalue weighted by molar-refractivity contribution is 5.81. The van der Waals surface area contributed by atoms with E-state index < -0.39 is 0 Å². The van der Waals surface area contributed by atoms with Gasteiger partial charge in [-0.05, 0) is 75.0 Å². The number of fused-ring (bicyclic) bond motifs is 6. The van der Waals surface area contributed by atoms with Gasteiger partial charge in [0.05, 0.1) is 0 Å². The summed E-state index contributed by atoms with van der Waals surface area (Å²) in [5, 5.41) is 6.82. The van der Waals surface area contributed by atoms with Gasteiger partial charge in [0.1, 0.15) is 0 Å². The zero-order valence-corrected chi connectivity index (χ0v) is 17.3. The minimum Gasteiger partial charge on any atom is -0.351 e. The molecular weight excluding hydrogens is 348 g/mol. The van der Waals surface area contributed by atoms with E-state index in [1.54, 1.807) is 0 Å². The van der Waals surface area contributed by atoms with Crippen molar-refractivity contribution in [1.29, 1.82) is 0 Å². The Hall–Kier alpha value is -1.06. The number of carbonyl (C=O) groups is 2. The van der Waals surface area contributed by atoms with E-state index in [2.05, 4.69) is 10.6 Å². The Bertz CT molecular complexity index is 537. The maximum atomic E-state index is 13.1. The van der Waals surface area contributed by atoms with Gasteiger partial charge < -0.3 is 10.6 Å². The van der Waals surface area contributed by atoms with E-state index in [9.17, 15) is 9.59 Å². The summed E-state index contributed by atoms with van der Waals surface area (Å²) in [6.45, 7) is 0. The summed E-state index contributed by atoms with van der Waals surface area (Å²) in [4.78, 5) is 26.1. The quantitative estimate of drug-likeness (QED) is 0.761. The predicted octanol–water partition coefficient (Wildman–Crippen LogP) is 4.18. The van der Waals surface area contributed by atoms with Crippen molar-refractivity contribution in [2.45, 2.75) is 102 Å². The monoisotopic (exact) mass is 386 g/mol. The lowest BCUT2D eigenvalue weighted by Crippen LogP contribution is -2.57. The number of nitrogens with one attached hydrogen (secondary N) is 2. The second-order valence-electron chi connectivity index (χ2n) is 10.8. The molecule has 7 saturated carbocycles. The maximum absolute atomic E-state index is 13.1. The molecule has 2 N–H and O–H groups in total. The van der Waals surface area contributed by atoms with E-state index in [-0.39, 0.29) is 35.7 Å². The average molecular weight is 387 g/mol. The summed E-state index contributed by atoms with van der Waals surface area (Å²) < 4.78 is 0. The first-order chi connectivity index (χ1) is 13.7. The molecule has 7 aliphatic carbocycles. The summed E-state index contributed by atoms with van der Waals surface area (Å²) >= 11 is 0. The van der Waals surface area contributed by atoms with Crippen LogP contribution in [0, 0.1) is 35.5 Å². The fourth-order valence-corrected chi connectivity index (χ4v) is 7.45. The smallest absolute Gasteiger partial charge is 0.223 e. The van der Waals surface area contributed by atoms with Crippen molar-refractivity contribution < 1.29 is 9.59 Å². The Morgan fingerprint density at radius 1 is 0.536 bits per heavy atom. The maximum Gasteiger partial charge on any atom is 0.223 e. The number of rotatable bonds is 4. The zero-order chi connectivity index (χ0) is 19.1. The van der Waals surface area contributed by atoms with Crippen LogP contribution in [-0.2, 0) is 9.59 Å². The molecule has 2 amide bonds. The van der Waals surface area contributed by atoms with Gasteiger partial charge in [-0.25, -0.2) is 0 Å². The van der Waals surface area contributed by atoms with Gasteiger partial charge in [0.2, 0.25) is 11.8 Å². The number of amides is 2. The first-order valence-corrected chi connectivity index (χ1v) is 12.3. The van der Waals surface area contributed by atoms with Crippen molar-refractivity contribution >= 4 is 11.8 Å². The Morgan fingerprint density at radius 3 is 1.25 bits per heavy atom. The van der Waals surface area contributed by atoms with Gasteiger partial charge in [0, 0.05) is 23.9 Å². The standard InChI is InChI=1S/C24H38N2O2/c27-23(19-13-15-5-9-17(19)10-6-15)25-21-3-1-2-4-22(21)26-24(28)20-14-16-7-11-18(20)12-8-16/h15-22H,1-14H2,(H,25,27)(H,26,28). The third-order valence-electron chi connectivity index (χ3n) is 9.19. The highest BCUT2D eigenvalue weighted by atomic mass is 16.2. The van der Waals surface area contributed by atoms with Gasteiger partial charge in [-0.15, -0.1) is 0 Å². The van der Waals surface area contributed by atoms with E-state index in [4.69, 9.17) is 0 Å². The summed E-state index contributed by atoms with van der Waals surface area (Å²) in [5.74, 6) is 3.83. The Balaban J connectivity index is 1.19. The van der Waals surface area contributed by atoms with Crippen molar-refractivity contribution in [3.05, 3.63) is 0 Å². The van der Waals surface area contributed by atoms with Gasteiger partial charge in [-0.1, -0.05) is 38.5 Å². The molecule has 7 aliphatic rings.